The van der Waals surface area contributed by atoms with Crippen LogP contribution in [0.1, 0.15) is 58.3 Å². The number of hydrogen-bond donors (Lipinski definition) is 2. The van der Waals surface area contributed by atoms with E-state index in [2.05, 4.69) is 10.4 Å². The van der Waals surface area contributed by atoms with Crippen LogP contribution in [0.5, 0.6) is 5.88 Å². The molecule has 1 heterocycles. The number of rotatable bonds is 6. The molecule has 1 aromatic heterocycles. The van der Waals surface area contributed by atoms with E-state index in [1.54, 1.807) is 33.0 Å². The molecule has 0 radical (unpaired) electrons. The van der Waals surface area contributed by atoms with Crippen molar-refractivity contribution in [2.45, 2.75) is 38.9 Å². The topological polar surface area (TPSA) is 93.5 Å². The minimum absolute atomic E-state index is 0.0269. The Bertz CT molecular complexity index is 1090. The average Bonchev–Trinajstić information content (AvgIpc) is 2.93. The predicted molar refractivity (Wildman–Crippen MR) is 114 cm³/mol. The first-order valence-corrected chi connectivity index (χ1v) is 9.98. The van der Waals surface area contributed by atoms with Crippen molar-refractivity contribution in [3.63, 3.8) is 0 Å². The van der Waals surface area contributed by atoms with Crippen LogP contribution < -0.4 is 10.1 Å². The number of nitrogens with one attached hydrogen (secondary N) is 1. The van der Waals surface area contributed by atoms with Gasteiger partial charge in [0.2, 0.25) is 5.88 Å². The Morgan fingerprint density at radius 3 is 2.58 bits per heavy atom. The van der Waals surface area contributed by atoms with Crippen LogP contribution in [0.4, 0.5) is 4.39 Å². The van der Waals surface area contributed by atoms with Gasteiger partial charge in [-0.25, -0.2) is 13.9 Å². The van der Waals surface area contributed by atoms with Crippen molar-refractivity contribution in [2.24, 2.45) is 7.05 Å². The van der Waals surface area contributed by atoms with Crippen LogP contribution in [0.3, 0.4) is 0 Å². The number of aryl methyl sites for hydroxylation is 2. The van der Waals surface area contributed by atoms with Gasteiger partial charge in [-0.05, 0) is 50.6 Å². The maximum absolute atomic E-state index is 14.5. The summed E-state index contributed by atoms with van der Waals surface area (Å²) in [6.45, 7) is 4.85. The zero-order chi connectivity index (χ0) is 22.9. The number of aromatic carboxylic acids is 1. The van der Waals surface area contributed by atoms with Gasteiger partial charge in [0.25, 0.3) is 5.91 Å². The molecule has 0 saturated carbocycles. The number of amides is 1. The Hall–Kier alpha value is -3.13. The summed E-state index contributed by atoms with van der Waals surface area (Å²) in [6, 6.07) is 5.84. The molecule has 1 aliphatic rings. The zero-order valence-corrected chi connectivity index (χ0v) is 18.3. The average molecular weight is 448 g/mol. The van der Waals surface area contributed by atoms with Gasteiger partial charge in [0, 0.05) is 18.5 Å². The summed E-state index contributed by atoms with van der Waals surface area (Å²) in [5, 5.41) is 16.4. The summed E-state index contributed by atoms with van der Waals surface area (Å²) in [4.78, 5) is 24.0. The van der Waals surface area contributed by atoms with E-state index in [4.69, 9.17) is 21.4 Å². The van der Waals surface area contributed by atoms with Crippen molar-refractivity contribution in [3.05, 3.63) is 69.6 Å². The molecular formula is C22H23ClFN3O4. The van der Waals surface area contributed by atoms with Crippen LogP contribution in [-0.2, 0) is 7.05 Å². The summed E-state index contributed by atoms with van der Waals surface area (Å²) in [6.07, 6.45) is 2.79. The van der Waals surface area contributed by atoms with Gasteiger partial charge in [-0.15, -0.1) is 0 Å². The third kappa shape index (κ3) is 5.14. The van der Waals surface area contributed by atoms with Crippen molar-refractivity contribution in [1.82, 2.24) is 15.1 Å². The van der Waals surface area contributed by atoms with Gasteiger partial charge < -0.3 is 15.2 Å². The predicted octanol–water partition coefficient (Wildman–Crippen LogP) is 4.44. The second-order valence-corrected chi connectivity index (χ2v) is 8.14. The number of halogens is 2. The molecule has 2 unspecified atom stereocenters. The van der Waals surface area contributed by atoms with E-state index in [1.807, 2.05) is 0 Å². The van der Waals surface area contributed by atoms with Crippen LogP contribution >= 0.6 is 11.6 Å². The molecule has 1 aromatic carbocycles. The summed E-state index contributed by atoms with van der Waals surface area (Å²) < 4.78 is 21.7. The van der Waals surface area contributed by atoms with Crippen molar-refractivity contribution in [2.75, 3.05) is 0 Å². The van der Waals surface area contributed by atoms with Crippen molar-refractivity contribution in [3.8, 4) is 5.88 Å². The molecule has 164 valence electrons. The van der Waals surface area contributed by atoms with Gasteiger partial charge in [0.05, 0.1) is 17.3 Å². The standard InChI is InChI=1S/C22H23ClFN3O4/c1-12(14-5-7-15(8-6-14)21(29)30)25-19(28)18-13(2)26-27(4)20(18)31-17-9-16(23)10-22(3,24)11-17/h5-10,12H,11H2,1-4H3,(H,25,28)(H,29,30). The summed E-state index contributed by atoms with van der Waals surface area (Å²) in [5.74, 6) is -0.979. The van der Waals surface area contributed by atoms with Gasteiger partial charge >= 0.3 is 5.97 Å². The van der Waals surface area contributed by atoms with Crippen LogP contribution in [0.2, 0.25) is 0 Å². The first-order chi connectivity index (χ1) is 14.5. The summed E-state index contributed by atoms with van der Waals surface area (Å²) >= 11 is 6.00. The third-order valence-electron chi connectivity index (χ3n) is 4.89. The molecule has 0 spiro atoms. The normalized spacial score (nSPS) is 19.3. The van der Waals surface area contributed by atoms with E-state index in [1.165, 1.54) is 35.9 Å². The van der Waals surface area contributed by atoms with Gasteiger partial charge in [0.15, 0.2) is 0 Å². The Labute approximate surface area is 184 Å². The Kier molecular flexibility index (Phi) is 6.22. The lowest BCUT2D eigenvalue weighted by atomic mass is 9.98. The molecule has 1 amide bonds. The molecule has 1 aliphatic carbocycles. The highest BCUT2D eigenvalue weighted by Crippen LogP contribution is 2.34. The van der Waals surface area contributed by atoms with E-state index in [9.17, 15) is 14.0 Å². The molecule has 2 aromatic rings. The number of carbonyl (C=O) groups excluding carboxylic acids is 1. The Balaban J connectivity index is 1.82. The van der Waals surface area contributed by atoms with E-state index >= 15 is 0 Å². The number of carbonyl (C=O) groups is 2. The molecule has 2 N–H and O–H groups in total. The van der Waals surface area contributed by atoms with Crippen LogP contribution in [-0.4, -0.2) is 32.4 Å². The van der Waals surface area contributed by atoms with Crippen molar-refractivity contribution in [1.29, 1.82) is 0 Å². The van der Waals surface area contributed by atoms with Gasteiger partial charge in [-0.3, -0.25) is 4.79 Å². The Morgan fingerprint density at radius 2 is 2.00 bits per heavy atom. The maximum atomic E-state index is 14.5. The van der Waals surface area contributed by atoms with E-state index in [0.717, 1.165) is 5.56 Å². The smallest absolute Gasteiger partial charge is 0.335 e. The SMILES string of the molecule is Cc1nn(C)c(OC2=CC(Cl)=CC(C)(F)C2)c1C(=O)NC(C)c1ccc(C(=O)O)cc1. The quantitative estimate of drug-likeness (QED) is 0.683. The molecule has 2 atom stereocenters. The number of carboxylic acid groups (broad SMARTS) is 1. The second-order valence-electron chi connectivity index (χ2n) is 7.71. The highest BCUT2D eigenvalue weighted by atomic mass is 35.5. The van der Waals surface area contributed by atoms with Gasteiger partial charge in [-0.2, -0.15) is 5.10 Å². The first-order valence-electron chi connectivity index (χ1n) is 9.60. The first kappa shape index (κ1) is 22.6. The number of hydrogen-bond acceptors (Lipinski definition) is 4. The van der Waals surface area contributed by atoms with Crippen LogP contribution in [0.15, 0.2) is 47.2 Å². The number of ether oxygens (including phenoxy) is 1. The van der Waals surface area contributed by atoms with Crippen molar-refractivity contribution < 1.29 is 23.8 Å². The molecular weight excluding hydrogens is 425 g/mol. The van der Waals surface area contributed by atoms with Crippen LogP contribution in [0, 0.1) is 6.92 Å². The summed E-state index contributed by atoms with van der Waals surface area (Å²) in [7, 11) is 1.63. The zero-order valence-electron chi connectivity index (χ0n) is 17.6. The largest absolute Gasteiger partial charge is 0.478 e. The molecule has 0 aliphatic heterocycles. The fourth-order valence-corrected chi connectivity index (χ4v) is 3.75. The lowest BCUT2D eigenvalue weighted by Crippen LogP contribution is -2.28. The lowest BCUT2D eigenvalue weighted by molar-refractivity contribution is 0.0696. The van der Waals surface area contributed by atoms with Crippen LogP contribution in [0.25, 0.3) is 0 Å². The van der Waals surface area contributed by atoms with E-state index < -0.39 is 23.6 Å². The van der Waals surface area contributed by atoms with Gasteiger partial charge in [0.1, 0.15) is 17.0 Å². The lowest BCUT2D eigenvalue weighted by Gasteiger charge is -2.23. The van der Waals surface area contributed by atoms with E-state index in [0.29, 0.717) is 5.69 Å². The highest BCUT2D eigenvalue weighted by molar-refractivity contribution is 6.31. The molecule has 3 rings (SSSR count). The number of nitrogens with zero attached hydrogens (tertiary/aromatic N) is 2. The molecule has 31 heavy (non-hydrogen) atoms. The number of alkyl halides is 1. The molecule has 0 fully saturated rings. The minimum Gasteiger partial charge on any atom is -0.478 e. The fraction of sp³-hybridized carbons (Fsp3) is 0.318. The third-order valence-corrected chi connectivity index (χ3v) is 5.11. The molecule has 7 nitrogen and oxygen atoms in total. The highest BCUT2D eigenvalue weighted by Gasteiger charge is 2.30. The number of aromatic nitrogens is 2. The minimum atomic E-state index is -1.66. The monoisotopic (exact) mass is 447 g/mol. The number of benzene rings is 1. The fourth-order valence-electron chi connectivity index (χ4n) is 3.40. The molecule has 0 bridgehead atoms. The van der Waals surface area contributed by atoms with E-state index in [-0.39, 0.29) is 34.2 Å². The van der Waals surface area contributed by atoms with Gasteiger partial charge in [-0.1, -0.05) is 23.7 Å². The number of carboxylic acids is 1. The Morgan fingerprint density at radius 1 is 1.35 bits per heavy atom. The molecule has 9 heteroatoms. The second kappa shape index (κ2) is 8.55. The van der Waals surface area contributed by atoms with Crippen molar-refractivity contribution >= 4 is 23.5 Å². The summed E-state index contributed by atoms with van der Waals surface area (Å²) in [5.41, 5.74) is -0.0848. The molecule has 0 saturated heterocycles. The number of allylic oxidation sites excluding steroid dienone is 4. The maximum Gasteiger partial charge on any atom is 0.335 e.